The molecule has 1 N–H and O–H groups in total. The molecule has 5 nitrogen and oxygen atoms in total. The quantitative estimate of drug-likeness (QED) is 0.448. The van der Waals surface area contributed by atoms with E-state index in [4.69, 9.17) is 9.47 Å². The number of amides is 1. The highest BCUT2D eigenvalue weighted by molar-refractivity contribution is 5.75. The molecule has 5 rings (SSSR count). The molecule has 0 bridgehead atoms. The second-order valence-electron chi connectivity index (χ2n) is 11.3. The Bertz CT molecular complexity index is 1130. The molecule has 4 aliphatic rings. The van der Waals surface area contributed by atoms with Crippen LogP contribution in [-0.4, -0.2) is 30.8 Å². The number of rotatable bonds is 5. The highest BCUT2D eigenvalue weighted by Crippen LogP contribution is 2.53. The molecule has 0 aromatic heterocycles. The maximum atomic E-state index is 13.8. The number of carbonyl (C=O) groups excluding carboxylic acids is 2. The monoisotopic (exact) mass is 509 g/mol. The summed E-state index contributed by atoms with van der Waals surface area (Å²) in [5.41, 5.74) is 3.35. The van der Waals surface area contributed by atoms with Crippen LogP contribution in [-0.2, 0) is 14.3 Å². The molecule has 1 saturated heterocycles. The standard InChI is InChI=1S/C31H38FNO4.H2/c1-4-36-31(35)33-24-10-13-26-22(16-24)17-28-29(19(3)37-30(28)34)27(26)12-9-20-8-11-25(18(2)14-20)21-6-5-7-23(32)15-21;/h5-9,11-12,15,18-19,22,24,26-29H,4,10,13-14,16-17H2,1-3H3,(H,33,35);1H/b12-9+;/t18?,19-,22+,24-,26-,27+,28-,29-;/m1./s1. The fourth-order valence-corrected chi connectivity index (χ4v) is 7.39. The van der Waals surface area contributed by atoms with Gasteiger partial charge in [0, 0.05) is 13.4 Å². The van der Waals surface area contributed by atoms with Crippen LogP contribution in [0, 0.1) is 41.3 Å². The lowest BCUT2D eigenvalue weighted by Gasteiger charge is -2.47. The van der Waals surface area contributed by atoms with E-state index >= 15 is 0 Å². The van der Waals surface area contributed by atoms with Crippen molar-refractivity contribution in [1.29, 1.82) is 0 Å². The number of cyclic esters (lactones) is 1. The van der Waals surface area contributed by atoms with Crippen molar-refractivity contribution in [1.82, 2.24) is 5.32 Å². The number of halogens is 1. The second kappa shape index (κ2) is 10.8. The first kappa shape index (κ1) is 25.7. The predicted octanol–water partition coefficient (Wildman–Crippen LogP) is 6.71. The first-order valence-electron chi connectivity index (χ1n) is 13.8. The lowest BCUT2D eigenvalue weighted by Crippen LogP contribution is -2.48. The Kier molecular flexibility index (Phi) is 7.55. The minimum atomic E-state index is -0.353. The van der Waals surface area contributed by atoms with Crippen LogP contribution >= 0.6 is 0 Å². The van der Waals surface area contributed by atoms with Gasteiger partial charge in [-0.1, -0.05) is 43.4 Å². The van der Waals surface area contributed by atoms with E-state index in [2.05, 4.69) is 36.5 Å². The maximum absolute atomic E-state index is 13.8. The zero-order valence-corrected chi connectivity index (χ0v) is 22.0. The highest BCUT2D eigenvalue weighted by atomic mass is 19.1. The third-order valence-electron chi connectivity index (χ3n) is 8.99. The van der Waals surface area contributed by atoms with Crippen molar-refractivity contribution in [3.8, 4) is 0 Å². The van der Waals surface area contributed by atoms with Gasteiger partial charge in [-0.25, -0.2) is 9.18 Å². The molecular formula is C31H40FNO4. The molecule has 1 aromatic carbocycles. The SMILES string of the molecule is CCOC(=O)N[C@@H]1CC[C@@H]2[C@@H](C1)C[C@H]1C(=O)O[C@H](C)[C@@H]1[C@H]2/C=C/C1=CC=C(c2cccc(F)c2)C(C)C1.[HH]. The number of nitrogens with one attached hydrogen (secondary N) is 1. The molecule has 1 unspecified atom stereocenters. The van der Waals surface area contributed by atoms with Crippen LogP contribution in [0.1, 0.15) is 59.9 Å². The van der Waals surface area contributed by atoms with Gasteiger partial charge in [0.25, 0.3) is 0 Å². The van der Waals surface area contributed by atoms with Crippen molar-refractivity contribution < 1.29 is 24.9 Å². The Hall–Kier alpha value is -2.89. The average molecular weight is 510 g/mol. The number of hydrogen-bond donors (Lipinski definition) is 1. The lowest BCUT2D eigenvalue weighted by atomic mass is 9.57. The summed E-state index contributed by atoms with van der Waals surface area (Å²) in [6, 6.07) is 6.89. The van der Waals surface area contributed by atoms with Gasteiger partial charge < -0.3 is 14.8 Å². The Morgan fingerprint density at radius 1 is 1.24 bits per heavy atom. The molecule has 0 radical (unpaired) electrons. The second-order valence-corrected chi connectivity index (χ2v) is 11.3. The van der Waals surface area contributed by atoms with Crippen LogP contribution in [0.3, 0.4) is 0 Å². The summed E-state index contributed by atoms with van der Waals surface area (Å²) in [5.74, 6) is 1.23. The van der Waals surface area contributed by atoms with E-state index in [9.17, 15) is 14.0 Å². The molecule has 1 amide bonds. The molecule has 37 heavy (non-hydrogen) atoms. The highest BCUT2D eigenvalue weighted by Gasteiger charge is 2.54. The smallest absolute Gasteiger partial charge is 0.407 e. The largest absolute Gasteiger partial charge is 0.462 e. The fraction of sp³-hybridized carbons (Fsp3) is 0.548. The predicted molar refractivity (Wildman–Crippen MR) is 143 cm³/mol. The third-order valence-corrected chi connectivity index (χ3v) is 8.99. The van der Waals surface area contributed by atoms with Gasteiger partial charge in [-0.15, -0.1) is 0 Å². The maximum Gasteiger partial charge on any atom is 0.407 e. The molecule has 6 heteroatoms. The van der Waals surface area contributed by atoms with Crippen LogP contribution in [0.5, 0.6) is 0 Å². The summed E-state index contributed by atoms with van der Waals surface area (Å²) in [7, 11) is 0. The molecule has 2 saturated carbocycles. The van der Waals surface area contributed by atoms with E-state index in [0.717, 1.165) is 43.2 Å². The number of allylic oxidation sites excluding steroid dienone is 6. The molecule has 200 valence electrons. The van der Waals surface area contributed by atoms with Gasteiger partial charge in [-0.3, -0.25) is 4.79 Å². The number of carbonyl (C=O) groups is 2. The van der Waals surface area contributed by atoms with Crippen molar-refractivity contribution in [2.45, 2.75) is 65.0 Å². The number of alkyl carbamates (subject to hydrolysis) is 1. The van der Waals surface area contributed by atoms with Crippen LogP contribution in [0.2, 0.25) is 0 Å². The van der Waals surface area contributed by atoms with Gasteiger partial charge in [-0.05, 0) is 98.5 Å². The lowest BCUT2D eigenvalue weighted by molar-refractivity contribution is -0.144. The van der Waals surface area contributed by atoms with Crippen LogP contribution in [0.4, 0.5) is 9.18 Å². The number of benzene rings is 1. The molecule has 3 aliphatic carbocycles. The number of esters is 1. The van der Waals surface area contributed by atoms with Gasteiger partial charge in [0.15, 0.2) is 0 Å². The molecule has 1 heterocycles. The Morgan fingerprint density at radius 3 is 2.84 bits per heavy atom. The Labute approximate surface area is 220 Å². The van der Waals surface area contributed by atoms with Gasteiger partial charge in [-0.2, -0.15) is 0 Å². The summed E-state index contributed by atoms with van der Waals surface area (Å²) >= 11 is 0. The summed E-state index contributed by atoms with van der Waals surface area (Å²) in [6.07, 6.45) is 13.0. The molecule has 1 aliphatic heterocycles. The first-order chi connectivity index (χ1) is 17.8. The molecule has 1 aromatic rings. The Morgan fingerprint density at radius 2 is 2.08 bits per heavy atom. The zero-order chi connectivity index (χ0) is 26.1. The molecular weight excluding hydrogens is 469 g/mol. The van der Waals surface area contributed by atoms with Crippen molar-refractivity contribution >= 4 is 17.6 Å². The fourth-order valence-electron chi connectivity index (χ4n) is 7.39. The molecule has 8 atom stereocenters. The first-order valence-corrected chi connectivity index (χ1v) is 13.8. The summed E-state index contributed by atoms with van der Waals surface area (Å²) in [6.45, 7) is 6.39. The summed E-state index contributed by atoms with van der Waals surface area (Å²) in [4.78, 5) is 24.7. The van der Waals surface area contributed by atoms with Crippen molar-refractivity contribution in [2.24, 2.45) is 35.5 Å². The third kappa shape index (κ3) is 5.39. The van der Waals surface area contributed by atoms with Crippen molar-refractivity contribution in [3.05, 3.63) is 65.5 Å². The minimum absolute atomic E-state index is 0. The van der Waals surface area contributed by atoms with Gasteiger partial charge in [0.1, 0.15) is 11.9 Å². The van der Waals surface area contributed by atoms with Gasteiger partial charge >= 0.3 is 12.1 Å². The van der Waals surface area contributed by atoms with Crippen molar-refractivity contribution in [2.75, 3.05) is 6.61 Å². The Balaban J connectivity index is 0.00000336. The van der Waals surface area contributed by atoms with Crippen molar-refractivity contribution in [3.63, 3.8) is 0 Å². The van der Waals surface area contributed by atoms with E-state index in [1.165, 1.54) is 11.6 Å². The van der Waals surface area contributed by atoms with Gasteiger partial charge in [0.2, 0.25) is 0 Å². The summed E-state index contributed by atoms with van der Waals surface area (Å²) < 4.78 is 24.6. The van der Waals surface area contributed by atoms with Crippen LogP contribution in [0.15, 0.2) is 54.1 Å². The molecule has 0 spiro atoms. The zero-order valence-electron chi connectivity index (χ0n) is 22.0. The summed E-state index contributed by atoms with van der Waals surface area (Å²) in [5, 5.41) is 3.02. The van der Waals surface area contributed by atoms with E-state index in [1.807, 2.05) is 19.9 Å². The number of ether oxygens (including phenoxy) is 2. The van der Waals surface area contributed by atoms with E-state index in [1.54, 1.807) is 12.1 Å². The topological polar surface area (TPSA) is 64.6 Å². The van der Waals surface area contributed by atoms with Crippen LogP contribution in [0.25, 0.3) is 5.57 Å². The van der Waals surface area contributed by atoms with E-state index in [0.29, 0.717) is 18.4 Å². The normalized spacial score (nSPS) is 35.2. The molecule has 3 fully saturated rings. The van der Waals surface area contributed by atoms with E-state index in [-0.39, 0.29) is 55.1 Å². The number of fused-ring (bicyclic) bond motifs is 2. The minimum Gasteiger partial charge on any atom is -0.462 e. The van der Waals surface area contributed by atoms with E-state index < -0.39 is 0 Å². The number of hydrogen-bond acceptors (Lipinski definition) is 4. The van der Waals surface area contributed by atoms with Crippen LogP contribution < -0.4 is 5.32 Å². The van der Waals surface area contributed by atoms with Gasteiger partial charge in [0.05, 0.1) is 12.5 Å². The average Bonchev–Trinajstić information content (AvgIpc) is 3.14.